The maximum Gasteiger partial charge on any atom is 0.254 e. The first-order chi connectivity index (χ1) is 11.2. The molecular weight excluding hydrogens is 288 g/mol. The number of rotatable bonds is 7. The maximum atomic E-state index is 12.8. The average molecular weight is 318 g/mol. The van der Waals surface area contributed by atoms with Gasteiger partial charge in [0, 0.05) is 18.7 Å². The molecule has 4 nitrogen and oxygen atoms in total. The third kappa shape index (κ3) is 3.93. The molecule has 2 rings (SSSR count). The zero-order valence-electron chi connectivity index (χ0n) is 14.6. The highest BCUT2D eigenvalue weighted by molar-refractivity contribution is 5.94. The van der Waals surface area contributed by atoms with Crippen molar-refractivity contribution < 1.29 is 9.90 Å². The van der Waals surface area contributed by atoms with Crippen molar-refractivity contribution in [2.24, 2.45) is 11.8 Å². The van der Waals surface area contributed by atoms with Crippen molar-refractivity contribution in [2.45, 2.75) is 33.2 Å². The number of hydrogen-bond donors (Lipinski definition) is 1. The molecule has 0 unspecified atom stereocenters. The van der Waals surface area contributed by atoms with Crippen LogP contribution >= 0.6 is 0 Å². The highest BCUT2D eigenvalue weighted by Gasteiger charge is 2.43. The summed E-state index contributed by atoms with van der Waals surface area (Å²) in [5.41, 5.74) is 0.712. The Balaban J connectivity index is 2.19. The quantitative estimate of drug-likeness (QED) is 0.840. The number of aliphatic hydroxyl groups excluding tert-OH is 1. The minimum absolute atomic E-state index is 0.0427. The molecule has 1 fully saturated rings. The van der Waals surface area contributed by atoms with Crippen molar-refractivity contribution in [3.05, 3.63) is 35.9 Å². The Labute approximate surface area is 140 Å². The largest absolute Gasteiger partial charge is 0.394 e. The molecule has 1 aliphatic rings. The van der Waals surface area contributed by atoms with Crippen LogP contribution in [0.25, 0.3) is 0 Å². The van der Waals surface area contributed by atoms with Gasteiger partial charge in [0.1, 0.15) is 0 Å². The first kappa shape index (κ1) is 18.0. The minimum Gasteiger partial charge on any atom is -0.394 e. The molecule has 1 heterocycles. The number of amides is 1. The fourth-order valence-corrected chi connectivity index (χ4v) is 3.77. The smallest absolute Gasteiger partial charge is 0.254 e. The van der Waals surface area contributed by atoms with Crippen LogP contribution in [-0.2, 0) is 0 Å². The van der Waals surface area contributed by atoms with Gasteiger partial charge in [0.05, 0.1) is 12.6 Å². The second-order valence-electron chi connectivity index (χ2n) is 6.39. The second kappa shape index (κ2) is 8.46. The first-order valence-electron chi connectivity index (χ1n) is 8.85. The van der Waals surface area contributed by atoms with Gasteiger partial charge in [-0.25, -0.2) is 0 Å². The van der Waals surface area contributed by atoms with Gasteiger partial charge in [-0.15, -0.1) is 0 Å². The Hall–Kier alpha value is -1.39. The molecule has 23 heavy (non-hydrogen) atoms. The van der Waals surface area contributed by atoms with Crippen LogP contribution in [0.15, 0.2) is 30.3 Å². The summed E-state index contributed by atoms with van der Waals surface area (Å²) in [6.07, 6.45) is 1.04. The van der Waals surface area contributed by atoms with Gasteiger partial charge in [0.2, 0.25) is 0 Å². The lowest BCUT2D eigenvalue weighted by atomic mass is 9.88. The van der Waals surface area contributed by atoms with Gasteiger partial charge in [0.25, 0.3) is 5.91 Å². The standard InChI is InChI=1S/C19H30N2O2/c1-4-15-12-21(19(23)16-10-8-7-9-11-16)18(14-22)17(15)13-20(5-2)6-3/h7-11,15,17-18,22H,4-6,12-14H2,1-3H3/t15-,17-,18-/m1/s1. The van der Waals surface area contributed by atoms with E-state index in [-0.39, 0.29) is 18.6 Å². The third-order valence-electron chi connectivity index (χ3n) is 5.29. The number of aliphatic hydroxyl groups is 1. The van der Waals surface area contributed by atoms with Crippen molar-refractivity contribution in [3.8, 4) is 0 Å². The Morgan fingerprint density at radius 3 is 2.39 bits per heavy atom. The highest BCUT2D eigenvalue weighted by atomic mass is 16.3. The fourth-order valence-electron chi connectivity index (χ4n) is 3.77. The second-order valence-corrected chi connectivity index (χ2v) is 6.39. The molecule has 0 aromatic heterocycles. The molecule has 128 valence electrons. The van der Waals surface area contributed by atoms with E-state index in [1.807, 2.05) is 35.2 Å². The summed E-state index contributed by atoms with van der Waals surface area (Å²) < 4.78 is 0. The zero-order valence-corrected chi connectivity index (χ0v) is 14.6. The Kier molecular flexibility index (Phi) is 6.60. The normalized spacial score (nSPS) is 24.4. The van der Waals surface area contributed by atoms with Gasteiger partial charge >= 0.3 is 0 Å². The van der Waals surface area contributed by atoms with E-state index in [0.717, 1.165) is 32.6 Å². The van der Waals surface area contributed by atoms with E-state index >= 15 is 0 Å². The number of carbonyl (C=O) groups is 1. The maximum absolute atomic E-state index is 12.8. The monoisotopic (exact) mass is 318 g/mol. The molecule has 0 saturated carbocycles. The van der Waals surface area contributed by atoms with Crippen molar-refractivity contribution in [3.63, 3.8) is 0 Å². The van der Waals surface area contributed by atoms with Gasteiger partial charge in [0.15, 0.2) is 0 Å². The Bertz CT molecular complexity index is 487. The van der Waals surface area contributed by atoms with E-state index in [1.165, 1.54) is 0 Å². The summed E-state index contributed by atoms with van der Waals surface area (Å²) in [5.74, 6) is 0.850. The van der Waals surface area contributed by atoms with Gasteiger partial charge in [-0.1, -0.05) is 45.4 Å². The Morgan fingerprint density at radius 1 is 1.22 bits per heavy atom. The summed E-state index contributed by atoms with van der Waals surface area (Å²) in [6.45, 7) is 10.3. The van der Waals surface area contributed by atoms with Crippen LogP contribution < -0.4 is 0 Å². The van der Waals surface area contributed by atoms with Crippen LogP contribution in [0.2, 0.25) is 0 Å². The van der Waals surface area contributed by atoms with Crippen LogP contribution in [0.4, 0.5) is 0 Å². The van der Waals surface area contributed by atoms with E-state index < -0.39 is 0 Å². The Morgan fingerprint density at radius 2 is 1.87 bits per heavy atom. The van der Waals surface area contributed by atoms with Crippen molar-refractivity contribution >= 4 is 5.91 Å². The molecule has 1 aromatic rings. The summed E-state index contributed by atoms with van der Waals surface area (Å²) in [4.78, 5) is 17.1. The fraction of sp³-hybridized carbons (Fsp3) is 0.632. The topological polar surface area (TPSA) is 43.8 Å². The summed E-state index contributed by atoms with van der Waals surface area (Å²) in [5, 5.41) is 9.96. The predicted octanol–water partition coefficient (Wildman–Crippen LogP) is 2.49. The molecule has 1 aliphatic heterocycles. The number of hydrogen-bond acceptors (Lipinski definition) is 3. The molecule has 1 N–H and O–H groups in total. The van der Waals surface area contributed by atoms with E-state index in [4.69, 9.17) is 0 Å². The highest BCUT2D eigenvalue weighted by Crippen LogP contribution is 2.33. The van der Waals surface area contributed by atoms with Gasteiger partial charge in [-0.05, 0) is 37.1 Å². The van der Waals surface area contributed by atoms with Gasteiger partial charge < -0.3 is 14.9 Å². The molecule has 3 atom stereocenters. The molecular formula is C19H30N2O2. The summed E-state index contributed by atoms with van der Waals surface area (Å²) in [6, 6.07) is 9.34. The third-order valence-corrected chi connectivity index (χ3v) is 5.29. The van der Waals surface area contributed by atoms with Gasteiger partial charge in [-0.2, -0.15) is 0 Å². The minimum atomic E-state index is -0.0757. The van der Waals surface area contributed by atoms with Crippen molar-refractivity contribution in [1.29, 1.82) is 0 Å². The molecule has 0 aliphatic carbocycles. The number of benzene rings is 1. The average Bonchev–Trinajstić information content (AvgIpc) is 2.96. The van der Waals surface area contributed by atoms with E-state index in [0.29, 0.717) is 17.4 Å². The van der Waals surface area contributed by atoms with Gasteiger partial charge in [-0.3, -0.25) is 4.79 Å². The lowest BCUT2D eigenvalue weighted by Crippen LogP contribution is -2.43. The van der Waals surface area contributed by atoms with Crippen LogP contribution in [0, 0.1) is 11.8 Å². The molecule has 1 saturated heterocycles. The molecule has 4 heteroatoms. The molecule has 1 aromatic carbocycles. The number of nitrogens with zero attached hydrogens (tertiary/aromatic N) is 2. The first-order valence-corrected chi connectivity index (χ1v) is 8.85. The van der Waals surface area contributed by atoms with Crippen LogP contribution in [-0.4, -0.2) is 59.6 Å². The molecule has 0 bridgehead atoms. The number of likely N-dealkylation sites (tertiary alicyclic amines) is 1. The van der Waals surface area contributed by atoms with Crippen molar-refractivity contribution in [1.82, 2.24) is 9.80 Å². The number of carbonyl (C=O) groups excluding carboxylic acids is 1. The zero-order chi connectivity index (χ0) is 16.8. The van der Waals surface area contributed by atoms with Crippen LogP contribution in [0.1, 0.15) is 37.6 Å². The van der Waals surface area contributed by atoms with Crippen molar-refractivity contribution in [2.75, 3.05) is 32.8 Å². The van der Waals surface area contributed by atoms with E-state index in [1.54, 1.807) is 0 Å². The summed E-state index contributed by atoms with van der Waals surface area (Å²) >= 11 is 0. The molecule has 0 radical (unpaired) electrons. The lowest BCUT2D eigenvalue weighted by molar-refractivity contribution is 0.0619. The SMILES string of the molecule is CC[C@@H]1CN(C(=O)c2ccccc2)[C@H](CO)[C@@H]1CN(CC)CC. The molecule has 0 spiro atoms. The predicted molar refractivity (Wildman–Crippen MR) is 93.4 cm³/mol. The van der Waals surface area contributed by atoms with E-state index in [9.17, 15) is 9.90 Å². The lowest BCUT2D eigenvalue weighted by Gasteiger charge is -2.31. The van der Waals surface area contributed by atoms with E-state index in [2.05, 4.69) is 25.7 Å². The molecule has 1 amide bonds. The summed E-state index contributed by atoms with van der Waals surface area (Å²) in [7, 11) is 0. The van der Waals surface area contributed by atoms with Crippen LogP contribution in [0.5, 0.6) is 0 Å². The van der Waals surface area contributed by atoms with Crippen LogP contribution in [0.3, 0.4) is 0 Å².